The smallest absolute Gasteiger partial charge is 0.282 e. The van der Waals surface area contributed by atoms with E-state index in [4.69, 9.17) is 0 Å². The van der Waals surface area contributed by atoms with E-state index >= 15 is 0 Å². The summed E-state index contributed by atoms with van der Waals surface area (Å²) in [5, 5.41) is 1.98. The van der Waals surface area contributed by atoms with Crippen molar-refractivity contribution in [3.8, 4) is 0 Å². The number of amides is 2. The average molecular weight is 404 g/mol. The molecule has 0 unspecified atom stereocenters. The number of rotatable bonds is 4. The fourth-order valence-corrected chi connectivity index (χ4v) is 3.98. The Morgan fingerprint density at radius 3 is 2.66 bits per heavy atom. The summed E-state index contributed by atoms with van der Waals surface area (Å²) in [5.41, 5.74) is 2.08. The lowest BCUT2D eigenvalue weighted by atomic mass is 10.0. The molecule has 146 valence electrons. The van der Waals surface area contributed by atoms with Crippen LogP contribution >= 0.6 is 11.3 Å². The Labute approximate surface area is 174 Å². The van der Waals surface area contributed by atoms with Crippen LogP contribution in [0.4, 0.5) is 0 Å². The van der Waals surface area contributed by atoms with E-state index < -0.39 is 0 Å². The molecule has 5 nitrogen and oxygen atoms in total. The first-order chi connectivity index (χ1) is 14.0. The molecule has 1 atom stereocenters. The molecule has 0 saturated heterocycles. The van der Waals surface area contributed by atoms with E-state index in [1.807, 2.05) is 72.1 Å². The van der Waals surface area contributed by atoms with Gasteiger partial charge in [0.25, 0.3) is 5.91 Å². The Hall–Kier alpha value is -3.25. The maximum absolute atomic E-state index is 13.2. The molecule has 1 aliphatic carbocycles. The largest absolute Gasteiger partial charge is 0.339 e. The summed E-state index contributed by atoms with van der Waals surface area (Å²) in [6, 6.07) is 13.6. The first kappa shape index (κ1) is 19.1. The highest BCUT2D eigenvalue weighted by Crippen LogP contribution is 2.29. The van der Waals surface area contributed by atoms with Crippen LogP contribution in [0.3, 0.4) is 0 Å². The molecule has 2 amide bonds. The van der Waals surface area contributed by atoms with Gasteiger partial charge in [0.1, 0.15) is 11.5 Å². The van der Waals surface area contributed by atoms with Crippen molar-refractivity contribution in [1.82, 2.24) is 9.80 Å². The van der Waals surface area contributed by atoms with E-state index in [1.165, 1.54) is 0 Å². The van der Waals surface area contributed by atoms with E-state index in [0.29, 0.717) is 18.0 Å². The molecule has 4 rings (SSSR count). The molecule has 2 heterocycles. The SMILES string of the molecule is CC(=O)N(C)[C@H]1C=CC(N2C(=O)/C(=C\c3cccs3)N=C2c2ccccc2)=CC1. The van der Waals surface area contributed by atoms with Crippen molar-refractivity contribution >= 4 is 35.1 Å². The van der Waals surface area contributed by atoms with Crippen molar-refractivity contribution in [2.75, 3.05) is 7.05 Å². The van der Waals surface area contributed by atoms with E-state index in [2.05, 4.69) is 4.99 Å². The van der Waals surface area contributed by atoms with Gasteiger partial charge in [0, 0.05) is 30.1 Å². The molecule has 2 aromatic rings. The van der Waals surface area contributed by atoms with Crippen molar-refractivity contribution in [2.24, 2.45) is 4.99 Å². The van der Waals surface area contributed by atoms with Gasteiger partial charge >= 0.3 is 0 Å². The standard InChI is InChI=1S/C23H21N3O2S/c1-16(27)25(2)18-10-12-19(13-11-18)26-22(17-7-4-3-5-8-17)24-21(23(26)28)15-20-9-6-14-29-20/h3-10,12-15,18H,11H2,1-2H3/b21-15+/t18-/m0/s1. The summed E-state index contributed by atoms with van der Waals surface area (Å²) >= 11 is 1.57. The number of benzene rings is 1. The van der Waals surface area contributed by atoms with Gasteiger partial charge < -0.3 is 4.90 Å². The average Bonchev–Trinajstić information content (AvgIpc) is 3.37. The number of nitrogens with zero attached hydrogens (tertiary/aromatic N) is 3. The summed E-state index contributed by atoms with van der Waals surface area (Å²) in [5.74, 6) is 0.487. The molecular weight excluding hydrogens is 382 g/mol. The number of amidine groups is 1. The molecule has 0 spiro atoms. The van der Waals surface area contributed by atoms with Gasteiger partial charge in [-0.3, -0.25) is 14.5 Å². The van der Waals surface area contributed by atoms with Crippen LogP contribution in [-0.2, 0) is 9.59 Å². The van der Waals surface area contributed by atoms with Gasteiger partial charge in [-0.05, 0) is 30.0 Å². The minimum absolute atomic E-state index is 0.00722. The molecule has 1 aliphatic heterocycles. The third kappa shape index (κ3) is 3.84. The summed E-state index contributed by atoms with van der Waals surface area (Å²) in [4.78, 5) is 33.9. The molecule has 0 N–H and O–H groups in total. The Kier molecular flexibility index (Phi) is 5.27. The topological polar surface area (TPSA) is 53.0 Å². The van der Waals surface area contributed by atoms with E-state index in [9.17, 15) is 9.59 Å². The number of hydrogen-bond acceptors (Lipinski definition) is 4. The summed E-state index contributed by atoms with van der Waals surface area (Å²) in [6.45, 7) is 1.55. The van der Waals surface area contributed by atoms with E-state index in [0.717, 1.165) is 16.1 Å². The number of carbonyl (C=O) groups excluding carboxylic acids is 2. The maximum Gasteiger partial charge on any atom is 0.282 e. The third-order valence-electron chi connectivity index (χ3n) is 5.02. The Balaban J connectivity index is 1.68. The lowest BCUT2D eigenvalue weighted by molar-refractivity contribution is -0.128. The molecule has 0 radical (unpaired) electrons. The zero-order valence-electron chi connectivity index (χ0n) is 16.3. The van der Waals surface area contributed by atoms with Gasteiger partial charge in [0.2, 0.25) is 5.91 Å². The first-order valence-corrected chi connectivity index (χ1v) is 10.3. The zero-order chi connectivity index (χ0) is 20.4. The van der Waals surface area contributed by atoms with Crippen molar-refractivity contribution in [3.05, 3.63) is 87.9 Å². The predicted molar refractivity (Wildman–Crippen MR) is 116 cm³/mol. The van der Waals surface area contributed by atoms with Gasteiger partial charge in [0.15, 0.2) is 0 Å². The van der Waals surface area contributed by atoms with Gasteiger partial charge in [-0.15, -0.1) is 11.3 Å². The third-order valence-corrected chi connectivity index (χ3v) is 5.84. The minimum Gasteiger partial charge on any atom is -0.339 e. The second kappa shape index (κ2) is 8.01. The molecule has 29 heavy (non-hydrogen) atoms. The van der Waals surface area contributed by atoms with E-state index in [-0.39, 0.29) is 17.9 Å². The molecular formula is C23H21N3O2S. The summed E-state index contributed by atoms with van der Waals surface area (Å²) < 4.78 is 0. The highest BCUT2D eigenvalue weighted by molar-refractivity contribution is 7.10. The number of carbonyl (C=O) groups is 2. The lowest BCUT2D eigenvalue weighted by Crippen LogP contribution is -2.37. The monoisotopic (exact) mass is 403 g/mol. The molecule has 2 aliphatic rings. The summed E-state index contributed by atoms with van der Waals surface area (Å²) in [7, 11) is 1.79. The maximum atomic E-state index is 13.2. The number of aliphatic imine (C=N–C) groups is 1. The van der Waals surface area contributed by atoms with E-state index in [1.54, 1.807) is 35.1 Å². The van der Waals surface area contributed by atoms with Crippen molar-refractivity contribution in [2.45, 2.75) is 19.4 Å². The Morgan fingerprint density at radius 2 is 2.03 bits per heavy atom. The molecule has 6 heteroatoms. The van der Waals surface area contributed by atoms with Gasteiger partial charge in [-0.1, -0.05) is 48.6 Å². The van der Waals surface area contributed by atoms with Crippen LogP contribution in [0.1, 0.15) is 23.8 Å². The lowest BCUT2D eigenvalue weighted by Gasteiger charge is -2.28. The van der Waals surface area contributed by atoms with Crippen LogP contribution < -0.4 is 0 Å². The second-order valence-electron chi connectivity index (χ2n) is 6.91. The van der Waals surface area contributed by atoms with Crippen LogP contribution in [-0.4, -0.2) is 40.5 Å². The number of likely N-dealkylation sites (N-methyl/N-ethyl adjacent to an activating group) is 1. The number of hydrogen-bond donors (Lipinski definition) is 0. The van der Waals surface area contributed by atoms with Gasteiger partial charge in [-0.2, -0.15) is 0 Å². The normalized spacial score (nSPS) is 20.1. The molecule has 0 saturated carbocycles. The number of allylic oxidation sites excluding steroid dienone is 1. The van der Waals surface area contributed by atoms with Crippen LogP contribution in [0.5, 0.6) is 0 Å². The van der Waals surface area contributed by atoms with Crippen LogP contribution in [0.15, 0.2) is 82.5 Å². The number of thiophene rings is 1. The molecule has 0 bridgehead atoms. The first-order valence-electron chi connectivity index (χ1n) is 9.40. The van der Waals surface area contributed by atoms with Crippen LogP contribution in [0, 0.1) is 0 Å². The van der Waals surface area contributed by atoms with Crippen molar-refractivity contribution < 1.29 is 9.59 Å². The quantitative estimate of drug-likeness (QED) is 0.723. The van der Waals surface area contributed by atoms with Crippen LogP contribution in [0.2, 0.25) is 0 Å². The summed E-state index contributed by atoms with van der Waals surface area (Å²) in [6.07, 6.45) is 8.34. The highest BCUT2D eigenvalue weighted by Gasteiger charge is 2.34. The fraction of sp³-hybridized carbons (Fsp3) is 0.174. The minimum atomic E-state index is -0.147. The van der Waals surface area contributed by atoms with Gasteiger partial charge in [-0.25, -0.2) is 4.99 Å². The second-order valence-corrected chi connectivity index (χ2v) is 7.89. The Morgan fingerprint density at radius 1 is 1.24 bits per heavy atom. The van der Waals surface area contributed by atoms with Crippen molar-refractivity contribution in [3.63, 3.8) is 0 Å². The van der Waals surface area contributed by atoms with Gasteiger partial charge in [0.05, 0.1) is 6.04 Å². The zero-order valence-corrected chi connectivity index (χ0v) is 17.1. The van der Waals surface area contributed by atoms with Crippen molar-refractivity contribution in [1.29, 1.82) is 0 Å². The molecule has 0 fully saturated rings. The molecule has 1 aromatic heterocycles. The Bertz CT molecular complexity index is 1050. The predicted octanol–water partition coefficient (Wildman–Crippen LogP) is 4.07. The highest BCUT2D eigenvalue weighted by atomic mass is 32.1. The fourth-order valence-electron chi connectivity index (χ4n) is 3.33. The molecule has 1 aromatic carbocycles. The van der Waals surface area contributed by atoms with Crippen LogP contribution in [0.25, 0.3) is 6.08 Å².